The molecule has 1 aromatic heterocycles. The summed E-state index contributed by atoms with van der Waals surface area (Å²) < 4.78 is 32.4. The van der Waals surface area contributed by atoms with Crippen LogP contribution in [0.25, 0.3) is 0 Å². The van der Waals surface area contributed by atoms with Gasteiger partial charge in [0.1, 0.15) is 10.6 Å². The predicted octanol–water partition coefficient (Wildman–Crippen LogP) is 2.27. The maximum Gasteiger partial charge on any atom is 0.248 e. The van der Waals surface area contributed by atoms with Crippen molar-refractivity contribution >= 4 is 15.9 Å². The molecule has 1 amide bonds. The molecule has 170 valence electrons. The fourth-order valence-corrected chi connectivity index (χ4v) is 6.42. The van der Waals surface area contributed by atoms with Crippen LogP contribution in [0.15, 0.2) is 9.42 Å². The zero-order valence-electron chi connectivity index (χ0n) is 18.9. The second-order valence-corrected chi connectivity index (χ2v) is 11.1. The molecule has 3 heterocycles. The molecule has 2 unspecified atom stereocenters. The number of amides is 1. The molecule has 0 saturated carbocycles. The highest BCUT2D eigenvalue weighted by Crippen LogP contribution is 2.27. The molecule has 0 aliphatic carbocycles. The first kappa shape index (κ1) is 23.2. The topological polar surface area (TPSA) is 87.0 Å². The Labute approximate surface area is 180 Å². The van der Waals surface area contributed by atoms with E-state index in [2.05, 4.69) is 30.8 Å². The molecule has 2 saturated heterocycles. The van der Waals surface area contributed by atoms with Crippen LogP contribution >= 0.6 is 0 Å². The molecule has 30 heavy (non-hydrogen) atoms. The Morgan fingerprint density at radius 2 is 1.77 bits per heavy atom. The molecule has 2 fully saturated rings. The first-order chi connectivity index (χ1) is 14.1. The SMILES string of the molecule is Cc1noc(C)c1S(=O)(=O)N1CCN(C(=O)CN2CCC(C)CCC2C(C)C)CC1. The van der Waals surface area contributed by atoms with Crippen LogP contribution in [-0.2, 0) is 14.8 Å². The highest BCUT2D eigenvalue weighted by atomic mass is 32.2. The Morgan fingerprint density at radius 1 is 1.10 bits per heavy atom. The quantitative estimate of drug-likeness (QED) is 0.698. The molecule has 0 N–H and O–H groups in total. The minimum absolute atomic E-state index is 0.101. The van der Waals surface area contributed by atoms with Gasteiger partial charge in [-0.15, -0.1) is 0 Å². The van der Waals surface area contributed by atoms with E-state index in [1.165, 1.54) is 10.7 Å². The van der Waals surface area contributed by atoms with E-state index < -0.39 is 10.0 Å². The zero-order valence-corrected chi connectivity index (χ0v) is 19.7. The number of piperazine rings is 1. The second kappa shape index (κ2) is 9.36. The van der Waals surface area contributed by atoms with Gasteiger partial charge in [-0.3, -0.25) is 9.69 Å². The van der Waals surface area contributed by atoms with E-state index in [4.69, 9.17) is 4.52 Å². The molecular formula is C21H36N4O4S. The highest BCUT2D eigenvalue weighted by Gasteiger charge is 2.35. The van der Waals surface area contributed by atoms with Crippen molar-refractivity contribution in [3.05, 3.63) is 11.5 Å². The maximum atomic E-state index is 13.0. The Balaban J connectivity index is 1.61. The lowest BCUT2D eigenvalue weighted by atomic mass is 9.95. The van der Waals surface area contributed by atoms with Crippen molar-refractivity contribution in [1.29, 1.82) is 0 Å². The molecule has 0 radical (unpaired) electrons. The van der Waals surface area contributed by atoms with Gasteiger partial charge in [0.15, 0.2) is 5.76 Å². The van der Waals surface area contributed by atoms with E-state index in [-0.39, 0.29) is 10.8 Å². The summed E-state index contributed by atoms with van der Waals surface area (Å²) >= 11 is 0. The normalized spacial score (nSPS) is 24.9. The van der Waals surface area contributed by atoms with Gasteiger partial charge in [-0.1, -0.05) is 25.9 Å². The molecular weight excluding hydrogens is 404 g/mol. The molecule has 0 spiro atoms. The van der Waals surface area contributed by atoms with Crippen LogP contribution in [0.5, 0.6) is 0 Å². The third kappa shape index (κ3) is 4.89. The number of likely N-dealkylation sites (tertiary alicyclic amines) is 1. The fraction of sp³-hybridized carbons (Fsp3) is 0.810. The van der Waals surface area contributed by atoms with Gasteiger partial charge < -0.3 is 9.42 Å². The zero-order chi connectivity index (χ0) is 22.1. The predicted molar refractivity (Wildman–Crippen MR) is 115 cm³/mol. The van der Waals surface area contributed by atoms with E-state index in [0.29, 0.717) is 62.1 Å². The fourth-order valence-electron chi connectivity index (χ4n) is 4.71. The van der Waals surface area contributed by atoms with Gasteiger partial charge in [0.2, 0.25) is 15.9 Å². The van der Waals surface area contributed by atoms with Crippen molar-refractivity contribution in [3.63, 3.8) is 0 Å². The Kier molecular flexibility index (Phi) is 7.24. The van der Waals surface area contributed by atoms with Crippen molar-refractivity contribution in [2.45, 2.75) is 64.8 Å². The number of carbonyl (C=O) groups excluding carboxylic acids is 1. The summed E-state index contributed by atoms with van der Waals surface area (Å²) in [5, 5.41) is 3.77. The van der Waals surface area contributed by atoms with Crippen molar-refractivity contribution in [2.75, 3.05) is 39.3 Å². The summed E-state index contributed by atoms with van der Waals surface area (Å²) in [7, 11) is -3.66. The van der Waals surface area contributed by atoms with Gasteiger partial charge in [0.25, 0.3) is 0 Å². The molecule has 0 bridgehead atoms. The van der Waals surface area contributed by atoms with Gasteiger partial charge in [-0.2, -0.15) is 4.31 Å². The molecule has 8 nitrogen and oxygen atoms in total. The van der Waals surface area contributed by atoms with Crippen LogP contribution in [0.4, 0.5) is 0 Å². The lowest BCUT2D eigenvalue weighted by molar-refractivity contribution is -0.134. The van der Waals surface area contributed by atoms with Crippen LogP contribution in [0.2, 0.25) is 0 Å². The van der Waals surface area contributed by atoms with Crippen LogP contribution in [0, 0.1) is 25.7 Å². The van der Waals surface area contributed by atoms with Gasteiger partial charge in [0.05, 0.1) is 6.54 Å². The molecule has 3 rings (SSSR count). The summed E-state index contributed by atoms with van der Waals surface area (Å²) in [6.45, 7) is 12.8. The summed E-state index contributed by atoms with van der Waals surface area (Å²) in [5.41, 5.74) is 0.376. The lowest BCUT2D eigenvalue weighted by Gasteiger charge is -2.37. The largest absolute Gasteiger partial charge is 0.360 e. The third-order valence-corrected chi connectivity index (χ3v) is 8.74. The van der Waals surface area contributed by atoms with E-state index in [1.807, 2.05) is 4.90 Å². The molecule has 1 aromatic rings. The number of aromatic nitrogens is 1. The first-order valence-corrected chi connectivity index (χ1v) is 12.5. The number of nitrogens with zero attached hydrogens (tertiary/aromatic N) is 4. The maximum absolute atomic E-state index is 13.0. The van der Waals surface area contributed by atoms with Gasteiger partial charge in [-0.05, 0) is 51.5 Å². The summed E-state index contributed by atoms with van der Waals surface area (Å²) in [4.78, 5) is 17.3. The van der Waals surface area contributed by atoms with Gasteiger partial charge >= 0.3 is 0 Å². The number of hydrogen-bond donors (Lipinski definition) is 0. The molecule has 9 heteroatoms. The summed E-state index contributed by atoms with van der Waals surface area (Å²) in [6, 6.07) is 0.431. The average molecular weight is 441 g/mol. The number of aryl methyl sites for hydroxylation is 2. The first-order valence-electron chi connectivity index (χ1n) is 11.1. The van der Waals surface area contributed by atoms with Crippen LogP contribution < -0.4 is 0 Å². The van der Waals surface area contributed by atoms with Crippen LogP contribution in [-0.4, -0.2) is 78.9 Å². The summed E-state index contributed by atoms with van der Waals surface area (Å²) in [6.07, 6.45) is 3.47. The Bertz CT molecular complexity index is 824. The second-order valence-electron chi connectivity index (χ2n) is 9.19. The minimum atomic E-state index is -3.66. The number of hydrogen-bond acceptors (Lipinski definition) is 6. The van der Waals surface area contributed by atoms with Gasteiger partial charge in [0, 0.05) is 32.2 Å². The van der Waals surface area contributed by atoms with Crippen molar-refractivity contribution in [3.8, 4) is 0 Å². The number of carbonyl (C=O) groups is 1. The lowest BCUT2D eigenvalue weighted by Crippen LogP contribution is -2.53. The monoisotopic (exact) mass is 440 g/mol. The minimum Gasteiger partial charge on any atom is -0.360 e. The number of rotatable bonds is 5. The molecule has 2 aliphatic rings. The number of sulfonamides is 1. The van der Waals surface area contributed by atoms with Crippen molar-refractivity contribution in [2.24, 2.45) is 11.8 Å². The Hall–Kier alpha value is -1.45. The van der Waals surface area contributed by atoms with Crippen molar-refractivity contribution in [1.82, 2.24) is 19.3 Å². The van der Waals surface area contributed by atoms with E-state index >= 15 is 0 Å². The molecule has 2 aliphatic heterocycles. The van der Waals surface area contributed by atoms with Crippen LogP contribution in [0.3, 0.4) is 0 Å². The van der Waals surface area contributed by atoms with Crippen molar-refractivity contribution < 1.29 is 17.7 Å². The van der Waals surface area contributed by atoms with Crippen LogP contribution in [0.1, 0.15) is 51.5 Å². The average Bonchev–Trinajstić information content (AvgIpc) is 2.92. The molecule has 2 atom stereocenters. The Morgan fingerprint density at radius 3 is 2.33 bits per heavy atom. The van der Waals surface area contributed by atoms with E-state index in [9.17, 15) is 13.2 Å². The smallest absolute Gasteiger partial charge is 0.248 e. The van der Waals surface area contributed by atoms with Gasteiger partial charge in [-0.25, -0.2) is 8.42 Å². The molecule has 0 aromatic carbocycles. The third-order valence-electron chi connectivity index (χ3n) is 6.60. The van der Waals surface area contributed by atoms with E-state index in [1.54, 1.807) is 13.8 Å². The highest BCUT2D eigenvalue weighted by molar-refractivity contribution is 7.89. The summed E-state index contributed by atoms with van der Waals surface area (Å²) in [5.74, 6) is 1.62. The van der Waals surface area contributed by atoms with E-state index in [0.717, 1.165) is 19.4 Å². The standard InChI is InChI=1S/C21H36N4O4S/c1-15(2)19-7-6-16(3)8-9-24(19)14-20(26)23-10-12-25(13-11-23)30(27,28)21-17(4)22-29-18(21)5/h15-16,19H,6-14H2,1-5H3.